The van der Waals surface area contributed by atoms with Gasteiger partial charge >= 0.3 is 0 Å². The number of piperidine rings is 3. The van der Waals surface area contributed by atoms with E-state index in [4.69, 9.17) is 4.74 Å². The Morgan fingerprint density at radius 2 is 1.63 bits per heavy atom. The summed E-state index contributed by atoms with van der Waals surface area (Å²) in [4.78, 5) is 4.66. The molecule has 2 bridgehead atoms. The molecular formula is C35H35N2O+. The summed E-state index contributed by atoms with van der Waals surface area (Å²) >= 11 is 0. The molecule has 3 nitrogen and oxygen atoms in total. The second kappa shape index (κ2) is 9.34. The largest absolute Gasteiger partial charge is 0.370 e. The van der Waals surface area contributed by atoms with Crippen molar-refractivity contribution >= 4 is 32.4 Å². The molecule has 4 aromatic carbocycles. The molecule has 190 valence electrons. The first-order valence-electron chi connectivity index (χ1n) is 13.9. The standard InChI is InChI=1S/C35H35N2O/c1-3-24-22-37(23-32-28-12-6-4-10-26(28)20-27-11-5-7-13-29(27)32)19-17-25(24)21-34(37)35(38-2)31-16-18-36-33-15-9-8-14-30(31)33/h3-16,18,20,24-25,34-35H,1,17,19,21-23H2,2H3/q+1/t24-,25-,34+,35+,37?/m0/s1. The predicted molar refractivity (Wildman–Crippen MR) is 157 cm³/mol. The Hall–Kier alpha value is -3.53. The Morgan fingerprint density at radius 3 is 2.34 bits per heavy atom. The summed E-state index contributed by atoms with van der Waals surface area (Å²) in [6, 6.07) is 31.3. The highest BCUT2D eigenvalue weighted by Crippen LogP contribution is 2.49. The Morgan fingerprint density at radius 1 is 0.947 bits per heavy atom. The van der Waals surface area contributed by atoms with Gasteiger partial charge < -0.3 is 9.22 Å². The predicted octanol–water partition coefficient (Wildman–Crippen LogP) is 7.84. The van der Waals surface area contributed by atoms with Crippen LogP contribution in [0.25, 0.3) is 32.4 Å². The van der Waals surface area contributed by atoms with Crippen molar-refractivity contribution in [2.24, 2.45) is 11.8 Å². The fourth-order valence-corrected chi connectivity index (χ4v) is 7.81. The number of benzene rings is 4. The summed E-state index contributed by atoms with van der Waals surface area (Å²) in [5.74, 6) is 1.22. The maximum atomic E-state index is 6.47. The zero-order valence-electron chi connectivity index (χ0n) is 22.1. The number of aromatic nitrogens is 1. The molecule has 0 N–H and O–H groups in total. The van der Waals surface area contributed by atoms with Crippen molar-refractivity contribution in [3.63, 3.8) is 0 Å². The summed E-state index contributed by atoms with van der Waals surface area (Å²) in [6.07, 6.45) is 6.61. The summed E-state index contributed by atoms with van der Waals surface area (Å²) < 4.78 is 7.52. The minimum Gasteiger partial charge on any atom is -0.370 e. The van der Waals surface area contributed by atoms with Gasteiger partial charge in [-0.25, -0.2) is 0 Å². The van der Waals surface area contributed by atoms with Crippen LogP contribution in [0.4, 0.5) is 0 Å². The minimum absolute atomic E-state index is 0.0118. The lowest BCUT2D eigenvalue weighted by Crippen LogP contribution is -2.67. The molecule has 0 spiro atoms. The molecule has 1 aromatic heterocycles. The fraction of sp³-hybridized carbons (Fsp3) is 0.286. The van der Waals surface area contributed by atoms with Crippen LogP contribution in [0.5, 0.6) is 0 Å². The first-order valence-corrected chi connectivity index (χ1v) is 13.9. The molecule has 0 aliphatic carbocycles. The normalized spacial score (nSPS) is 25.7. The van der Waals surface area contributed by atoms with Crippen molar-refractivity contribution in [1.29, 1.82) is 0 Å². The number of hydrogen-bond donors (Lipinski definition) is 0. The van der Waals surface area contributed by atoms with E-state index in [1.54, 1.807) is 0 Å². The van der Waals surface area contributed by atoms with Gasteiger partial charge in [0.2, 0.25) is 0 Å². The van der Waals surface area contributed by atoms with Crippen molar-refractivity contribution in [3.8, 4) is 0 Å². The summed E-state index contributed by atoms with van der Waals surface area (Å²) in [5, 5.41) is 6.61. The number of fused-ring (bicyclic) bond motifs is 6. The molecule has 0 amide bonds. The van der Waals surface area contributed by atoms with Gasteiger partial charge in [0.15, 0.2) is 0 Å². The van der Waals surface area contributed by atoms with Crippen molar-refractivity contribution < 1.29 is 9.22 Å². The topological polar surface area (TPSA) is 22.1 Å². The molecule has 3 aliphatic rings. The first kappa shape index (κ1) is 23.6. The third kappa shape index (κ3) is 3.68. The van der Waals surface area contributed by atoms with E-state index in [9.17, 15) is 0 Å². The van der Waals surface area contributed by atoms with E-state index < -0.39 is 0 Å². The molecule has 5 atom stereocenters. The van der Waals surface area contributed by atoms with Crippen LogP contribution in [0.3, 0.4) is 0 Å². The maximum absolute atomic E-state index is 6.47. The van der Waals surface area contributed by atoms with Crippen LogP contribution in [0, 0.1) is 11.8 Å². The van der Waals surface area contributed by atoms with Crippen LogP contribution in [-0.4, -0.2) is 35.7 Å². The van der Waals surface area contributed by atoms with Crippen LogP contribution in [-0.2, 0) is 11.3 Å². The van der Waals surface area contributed by atoms with Crippen LogP contribution in [0.1, 0.15) is 30.1 Å². The number of nitrogens with zero attached hydrogens (tertiary/aromatic N) is 2. The fourth-order valence-electron chi connectivity index (χ4n) is 7.81. The monoisotopic (exact) mass is 499 g/mol. The molecule has 1 unspecified atom stereocenters. The Kier molecular flexibility index (Phi) is 5.79. The molecule has 3 aliphatic heterocycles. The first-order chi connectivity index (χ1) is 18.7. The number of ether oxygens (including phenoxy) is 1. The summed E-state index contributed by atoms with van der Waals surface area (Å²) in [5.41, 5.74) is 3.78. The van der Waals surface area contributed by atoms with Gasteiger partial charge in [0.05, 0.1) is 18.6 Å². The van der Waals surface area contributed by atoms with E-state index in [0.717, 1.165) is 29.5 Å². The second-order valence-corrected chi connectivity index (χ2v) is 11.4. The van der Waals surface area contributed by atoms with Gasteiger partial charge in [0.25, 0.3) is 0 Å². The number of para-hydroxylation sites is 1. The van der Waals surface area contributed by atoms with E-state index >= 15 is 0 Å². The molecule has 5 aromatic rings. The highest BCUT2D eigenvalue weighted by Gasteiger charge is 2.54. The van der Waals surface area contributed by atoms with Gasteiger partial charge in [-0.2, -0.15) is 0 Å². The van der Waals surface area contributed by atoms with Crippen LogP contribution >= 0.6 is 0 Å². The average molecular weight is 500 g/mol. The molecule has 8 rings (SSSR count). The van der Waals surface area contributed by atoms with E-state index in [0.29, 0.717) is 17.9 Å². The van der Waals surface area contributed by atoms with E-state index in [2.05, 4.69) is 103 Å². The van der Waals surface area contributed by atoms with Gasteiger partial charge in [0.1, 0.15) is 18.7 Å². The van der Waals surface area contributed by atoms with Gasteiger partial charge in [-0.1, -0.05) is 72.8 Å². The van der Waals surface area contributed by atoms with Crippen molar-refractivity contribution in [2.75, 3.05) is 20.2 Å². The lowest BCUT2D eigenvalue weighted by Gasteiger charge is -2.58. The lowest BCUT2D eigenvalue weighted by atomic mass is 9.71. The van der Waals surface area contributed by atoms with Crippen LogP contribution in [0.2, 0.25) is 0 Å². The number of hydrogen-bond acceptors (Lipinski definition) is 2. The highest BCUT2D eigenvalue weighted by atomic mass is 16.5. The SMILES string of the molecule is C=C[C@H]1C[N+]2(Cc3c4ccccc4cc4ccccc34)CC[C@H]1C[C@@H]2[C@H](OC)c1ccnc2ccccc12. The Balaban J connectivity index is 1.41. The van der Waals surface area contributed by atoms with Crippen molar-refractivity contribution in [2.45, 2.75) is 31.5 Å². The second-order valence-electron chi connectivity index (χ2n) is 11.4. The molecule has 3 heteroatoms. The molecule has 38 heavy (non-hydrogen) atoms. The Labute approximate surface area is 225 Å². The molecule has 3 fully saturated rings. The van der Waals surface area contributed by atoms with Crippen molar-refractivity contribution in [3.05, 3.63) is 115 Å². The van der Waals surface area contributed by atoms with Gasteiger partial charge in [-0.05, 0) is 51.2 Å². The van der Waals surface area contributed by atoms with E-state index in [-0.39, 0.29) is 6.10 Å². The van der Waals surface area contributed by atoms with E-state index in [1.165, 1.54) is 51.0 Å². The average Bonchev–Trinajstić information content (AvgIpc) is 2.98. The Bertz CT molecular complexity index is 1600. The van der Waals surface area contributed by atoms with Crippen LogP contribution in [0.15, 0.2) is 104 Å². The summed E-state index contributed by atoms with van der Waals surface area (Å²) in [6.45, 7) is 7.59. The number of rotatable bonds is 6. The van der Waals surface area contributed by atoms with Gasteiger partial charge in [-0.15, -0.1) is 6.58 Å². The third-order valence-electron chi connectivity index (χ3n) is 9.62. The quantitative estimate of drug-likeness (QED) is 0.135. The maximum Gasteiger partial charge on any atom is 0.135 e. The highest BCUT2D eigenvalue weighted by molar-refractivity contribution is 6.02. The van der Waals surface area contributed by atoms with Gasteiger partial charge in [-0.3, -0.25) is 4.98 Å². The molecule has 3 saturated heterocycles. The minimum atomic E-state index is 0.0118. The molecule has 4 heterocycles. The smallest absolute Gasteiger partial charge is 0.135 e. The lowest BCUT2D eigenvalue weighted by molar-refractivity contribution is -0.984. The molecule has 0 saturated carbocycles. The molecular weight excluding hydrogens is 464 g/mol. The van der Waals surface area contributed by atoms with E-state index in [1.807, 2.05) is 13.3 Å². The number of methoxy groups -OCH3 is 1. The van der Waals surface area contributed by atoms with Crippen LogP contribution < -0.4 is 0 Å². The van der Waals surface area contributed by atoms with Gasteiger partial charge in [0, 0.05) is 43.0 Å². The third-order valence-corrected chi connectivity index (χ3v) is 9.62. The molecule has 0 radical (unpaired) electrons. The zero-order valence-corrected chi connectivity index (χ0v) is 22.1. The number of pyridine rings is 1. The number of quaternary nitrogens is 1. The zero-order chi connectivity index (χ0) is 25.7. The van der Waals surface area contributed by atoms with Crippen molar-refractivity contribution in [1.82, 2.24) is 4.98 Å². The summed E-state index contributed by atoms with van der Waals surface area (Å²) in [7, 11) is 1.90.